The van der Waals surface area contributed by atoms with Crippen molar-refractivity contribution >= 4 is 28.1 Å². The number of rotatable bonds is 0. The number of nitrogens with one attached hydrogen (secondary N) is 3. The number of nitrogens with zero attached hydrogens (tertiary/aromatic N) is 6. The number of aryl methyl sites for hydroxylation is 2. The number of H-pyrrole nitrogens is 2. The Bertz CT molecular complexity index is 992. The highest BCUT2D eigenvalue weighted by molar-refractivity contribution is 5.80. The molecular formula is C12H14N10. The van der Waals surface area contributed by atoms with E-state index in [-0.39, 0.29) is 0 Å². The Morgan fingerprint density at radius 3 is 2.50 bits per heavy atom. The molecular weight excluding hydrogens is 284 g/mol. The number of aromatic nitrogens is 8. The monoisotopic (exact) mass is 298 g/mol. The molecule has 5 N–H and O–H groups in total. The van der Waals surface area contributed by atoms with E-state index in [1.807, 2.05) is 0 Å². The zero-order valence-electron chi connectivity index (χ0n) is 12.0. The fraction of sp³-hybridized carbons (Fsp3) is 0.167. The molecule has 0 aromatic carbocycles. The van der Waals surface area contributed by atoms with E-state index in [0.717, 1.165) is 0 Å². The zero-order chi connectivity index (χ0) is 15.7. The van der Waals surface area contributed by atoms with Gasteiger partial charge < -0.3 is 20.3 Å². The predicted molar refractivity (Wildman–Crippen MR) is 79.5 cm³/mol. The highest BCUT2D eigenvalue weighted by atomic mass is 15.1. The maximum atomic E-state index is 7.56. The average Bonchev–Trinajstić information content (AvgIpc) is 3.12. The second-order valence-corrected chi connectivity index (χ2v) is 4.56. The van der Waals surface area contributed by atoms with Crippen LogP contribution in [0.3, 0.4) is 0 Å². The third-order valence-electron chi connectivity index (χ3n) is 2.99. The molecule has 4 aromatic rings. The van der Waals surface area contributed by atoms with E-state index < -0.39 is 0 Å². The third-order valence-corrected chi connectivity index (χ3v) is 2.99. The van der Waals surface area contributed by atoms with Gasteiger partial charge in [-0.05, 0) is 6.92 Å². The molecule has 0 bridgehead atoms. The van der Waals surface area contributed by atoms with E-state index in [0.29, 0.717) is 39.5 Å². The predicted octanol–water partition coefficient (Wildman–Crippen LogP) is 0.0194. The van der Waals surface area contributed by atoms with Crippen LogP contribution in [0.2, 0.25) is 0 Å². The molecule has 0 saturated heterocycles. The van der Waals surface area contributed by atoms with Crippen molar-refractivity contribution in [1.82, 2.24) is 39.5 Å². The summed E-state index contributed by atoms with van der Waals surface area (Å²) in [5.74, 6) is 1.09. The number of fused-ring (bicyclic) bond motifs is 2. The van der Waals surface area contributed by atoms with Crippen molar-refractivity contribution in [2.24, 2.45) is 7.05 Å². The second kappa shape index (κ2) is 5.24. The van der Waals surface area contributed by atoms with Gasteiger partial charge in [0.05, 0.1) is 19.0 Å². The van der Waals surface area contributed by atoms with Crippen LogP contribution in [-0.2, 0) is 7.05 Å². The highest BCUT2D eigenvalue weighted by Crippen LogP contribution is 2.11. The summed E-state index contributed by atoms with van der Waals surface area (Å²) in [6.07, 6.45) is 4.66. The largest absolute Gasteiger partial charge is 0.382 e. The minimum atomic E-state index is 0.396. The molecule has 4 rings (SSSR count). The Morgan fingerprint density at radius 1 is 1.05 bits per heavy atom. The van der Waals surface area contributed by atoms with Crippen molar-refractivity contribution in [3.05, 3.63) is 30.3 Å². The van der Waals surface area contributed by atoms with Crippen molar-refractivity contribution in [2.45, 2.75) is 6.92 Å². The van der Waals surface area contributed by atoms with E-state index in [1.54, 1.807) is 31.2 Å². The molecule has 0 saturated carbocycles. The van der Waals surface area contributed by atoms with Gasteiger partial charge in [0.2, 0.25) is 0 Å². The van der Waals surface area contributed by atoms with Crippen molar-refractivity contribution in [3.8, 4) is 0 Å². The minimum Gasteiger partial charge on any atom is -0.382 e. The van der Waals surface area contributed by atoms with Crippen LogP contribution in [0.4, 0.5) is 5.82 Å². The Hall–Kier alpha value is -3.30. The summed E-state index contributed by atoms with van der Waals surface area (Å²) >= 11 is 0. The molecule has 0 aliphatic carbocycles. The highest BCUT2D eigenvalue weighted by Gasteiger charge is 2.02. The van der Waals surface area contributed by atoms with Gasteiger partial charge in [0.25, 0.3) is 0 Å². The smallest absolute Gasteiger partial charge is 0.183 e. The van der Waals surface area contributed by atoms with Crippen LogP contribution in [0, 0.1) is 12.3 Å². The Morgan fingerprint density at radius 2 is 1.73 bits per heavy atom. The maximum absolute atomic E-state index is 7.56. The lowest BCUT2D eigenvalue weighted by Gasteiger charge is -1.95. The fourth-order valence-corrected chi connectivity index (χ4v) is 1.90. The summed E-state index contributed by atoms with van der Waals surface area (Å²) < 4.78 is 1.63. The number of nitrogens with two attached hydrogens (primary N) is 1. The molecule has 10 heteroatoms. The topological polar surface area (TPSA) is 151 Å². The Balaban J connectivity index is 0.000000131. The van der Waals surface area contributed by atoms with Gasteiger partial charge >= 0.3 is 0 Å². The fourth-order valence-electron chi connectivity index (χ4n) is 1.90. The van der Waals surface area contributed by atoms with E-state index in [9.17, 15) is 0 Å². The van der Waals surface area contributed by atoms with Crippen LogP contribution < -0.4 is 11.2 Å². The molecule has 0 unspecified atom stereocenters. The summed E-state index contributed by atoms with van der Waals surface area (Å²) in [6.45, 7) is 1.78. The lowest BCUT2D eigenvalue weighted by Crippen LogP contribution is -2.17. The molecule has 0 aliphatic heterocycles. The Kier molecular flexibility index (Phi) is 3.26. The van der Waals surface area contributed by atoms with Crippen molar-refractivity contribution in [3.63, 3.8) is 0 Å². The minimum absolute atomic E-state index is 0.396. The van der Waals surface area contributed by atoms with E-state index in [1.165, 1.54) is 6.33 Å². The number of nitrogen functional groups attached to an aromatic ring is 1. The summed E-state index contributed by atoms with van der Waals surface area (Å²) in [6, 6.07) is 0. The average molecular weight is 298 g/mol. The van der Waals surface area contributed by atoms with E-state index >= 15 is 0 Å². The van der Waals surface area contributed by atoms with Crippen LogP contribution >= 0.6 is 0 Å². The first-order chi connectivity index (χ1) is 10.6. The molecule has 0 spiro atoms. The van der Waals surface area contributed by atoms with Crippen LogP contribution in [0.5, 0.6) is 0 Å². The molecule has 0 radical (unpaired) electrons. The van der Waals surface area contributed by atoms with Crippen molar-refractivity contribution < 1.29 is 0 Å². The Labute approximate surface area is 124 Å². The molecule has 0 fully saturated rings. The van der Waals surface area contributed by atoms with Gasteiger partial charge in [0, 0.05) is 7.05 Å². The summed E-state index contributed by atoms with van der Waals surface area (Å²) in [5.41, 5.74) is 8.57. The summed E-state index contributed by atoms with van der Waals surface area (Å²) in [4.78, 5) is 25.6. The molecule has 4 aromatic heterocycles. The molecule has 4 heterocycles. The molecule has 10 nitrogen and oxygen atoms in total. The van der Waals surface area contributed by atoms with Crippen LogP contribution in [0.1, 0.15) is 5.82 Å². The number of aromatic amines is 2. The molecule has 0 atom stereocenters. The summed E-state index contributed by atoms with van der Waals surface area (Å²) in [7, 11) is 1.77. The standard InChI is InChI=1S/2C6H7N5/c1-11-3-10-6-4(5(11)7)8-2-9-6;1-3-10-5(7)4-6(11-3)9-2-8-4/h2-3,7H,1H3,(H,8,9);2H,1H3,(H3,7,8,9,10,11). The SMILES string of the molecule is Cc1nc(N)c2[nH]cnc2n1.Cn1cnc2nc[nH]c2c1=N. The van der Waals surface area contributed by atoms with Crippen LogP contribution in [0.15, 0.2) is 19.0 Å². The number of imidazole rings is 2. The zero-order valence-corrected chi connectivity index (χ0v) is 12.0. The second-order valence-electron chi connectivity index (χ2n) is 4.56. The normalized spacial score (nSPS) is 10.6. The van der Waals surface area contributed by atoms with Gasteiger partial charge in [0.15, 0.2) is 22.6 Å². The van der Waals surface area contributed by atoms with Crippen LogP contribution in [-0.4, -0.2) is 39.5 Å². The molecule has 22 heavy (non-hydrogen) atoms. The van der Waals surface area contributed by atoms with Crippen LogP contribution in [0.25, 0.3) is 22.3 Å². The number of hydrogen-bond donors (Lipinski definition) is 4. The van der Waals surface area contributed by atoms with Gasteiger partial charge in [-0.25, -0.2) is 24.9 Å². The van der Waals surface area contributed by atoms with Gasteiger partial charge in [-0.15, -0.1) is 0 Å². The molecule has 0 amide bonds. The van der Waals surface area contributed by atoms with E-state index in [2.05, 4.69) is 34.9 Å². The van der Waals surface area contributed by atoms with Gasteiger partial charge in [0.1, 0.15) is 16.9 Å². The quantitative estimate of drug-likeness (QED) is 0.359. The first kappa shape index (κ1) is 13.7. The van der Waals surface area contributed by atoms with Crippen molar-refractivity contribution in [2.75, 3.05) is 5.73 Å². The van der Waals surface area contributed by atoms with Gasteiger partial charge in [-0.2, -0.15) is 0 Å². The molecule has 112 valence electrons. The number of anilines is 1. The first-order valence-corrected chi connectivity index (χ1v) is 6.38. The van der Waals surface area contributed by atoms with Crippen molar-refractivity contribution in [1.29, 1.82) is 5.41 Å². The lowest BCUT2D eigenvalue weighted by atomic mass is 10.5. The molecule has 0 aliphatic rings. The lowest BCUT2D eigenvalue weighted by molar-refractivity contribution is 0.802. The van der Waals surface area contributed by atoms with Gasteiger partial charge in [-0.1, -0.05) is 0 Å². The summed E-state index contributed by atoms with van der Waals surface area (Å²) in [5, 5.41) is 7.56. The number of hydrogen-bond acceptors (Lipinski definition) is 7. The van der Waals surface area contributed by atoms with E-state index in [4.69, 9.17) is 11.1 Å². The van der Waals surface area contributed by atoms with Gasteiger partial charge in [-0.3, -0.25) is 5.41 Å². The third kappa shape index (κ3) is 2.37. The maximum Gasteiger partial charge on any atom is 0.183 e. The first-order valence-electron chi connectivity index (χ1n) is 6.38.